The van der Waals surface area contributed by atoms with Gasteiger partial charge in [-0.05, 0) is 31.6 Å². The Morgan fingerprint density at radius 1 is 1.21 bits per heavy atom. The van der Waals surface area contributed by atoms with Crippen LogP contribution in [0.1, 0.15) is 45.1 Å². The molecule has 6 heteroatoms. The zero-order chi connectivity index (χ0) is 20.6. The highest BCUT2D eigenvalue weighted by atomic mass is 16.5. The molecule has 1 aromatic heterocycles. The van der Waals surface area contributed by atoms with Crippen molar-refractivity contribution < 1.29 is 14.1 Å². The first-order valence-corrected chi connectivity index (χ1v) is 10.7. The summed E-state index contributed by atoms with van der Waals surface area (Å²) >= 11 is 0. The average molecular weight is 400 g/mol. The largest absolute Gasteiger partial charge is 0.375 e. The number of hydrogen-bond donors (Lipinski definition) is 0. The number of aromatic nitrogens is 1. The van der Waals surface area contributed by atoms with Crippen LogP contribution < -0.4 is 4.90 Å². The Bertz CT molecular complexity index is 767. The molecule has 3 rings (SSSR count). The van der Waals surface area contributed by atoms with Crippen LogP contribution >= 0.6 is 0 Å². The average Bonchev–Trinajstić information content (AvgIpc) is 3.16. The van der Waals surface area contributed by atoms with E-state index in [9.17, 15) is 4.79 Å². The molecule has 2 aromatic rings. The fourth-order valence-corrected chi connectivity index (χ4v) is 3.72. The number of benzene rings is 1. The van der Waals surface area contributed by atoms with Gasteiger partial charge in [0.1, 0.15) is 12.3 Å². The second-order valence-corrected chi connectivity index (χ2v) is 8.16. The summed E-state index contributed by atoms with van der Waals surface area (Å²) in [6.07, 6.45) is 4.50. The molecular weight excluding hydrogens is 366 g/mol. The molecule has 2 heterocycles. The van der Waals surface area contributed by atoms with Crippen LogP contribution in [0.4, 0.5) is 5.88 Å². The smallest absolute Gasteiger partial charge is 0.248 e. The van der Waals surface area contributed by atoms with E-state index in [2.05, 4.69) is 23.9 Å². The molecule has 0 N–H and O–H groups in total. The Labute approximate surface area is 173 Å². The third-order valence-electron chi connectivity index (χ3n) is 5.40. The van der Waals surface area contributed by atoms with Gasteiger partial charge in [0, 0.05) is 32.3 Å². The van der Waals surface area contributed by atoms with E-state index < -0.39 is 0 Å². The van der Waals surface area contributed by atoms with Crippen molar-refractivity contribution in [3.05, 3.63) is 35.9 Å². The number of carbonyl (C=O) groups excluding carboxylic acids is 1. The third kappa shape index (κ3) is 5.60. The molecule has 0 unspecified atom stereocenters. The minimum atomic E-state index is -0.00189. The van der Waals surface area contributed by atoms with E-state index >= 15 is 0 Å². The zero-order valence-corrected chi connectivity index (χ0v) is 17.9. The van der Waals surface area contributed by atoms with Gasteiger partial charge in [-0.2, -0.15) is 0 Å². The summed E-state index contributed by atoms with van der Waals surface area (Å²) in [5.41, 5.74) is 2.83. The molecule has 1 saturated heterocycles. The minimum absolute atomic E-state index is 0.00189. The number of amides is 1. The lowest BCUT2D eigenvalue weighted by atomic mass is 10.0. The summed E-state index contributed by atoms with van der Waals surface area (Å²) in [5.74, 6) is 1.33. The van der Waals surface area contributed by atoms with Gasteiger partial charge < -0.3 is 19.1 Å². The summed E-state index contributed by atoms with van der Waals surface area (Å²) < 4.78 is 11.0. The Hall–Kier alpha value is -2.34. The van der Waals surface area contributed by atoms with Crippen molar-refractivity contribution >= 4 is 11.8 Å². The molecule has 6 nitrogen and oxygen atoms in total. The normalized spacial score (nSPS) is 14.4. The second kappa shape index (κ2) is 10.4. The van der Waals surface area contributed by atoms with Crippen LogP contribution in [-0.2, 0) is 16.1 Å². The van der Waals surface area contributed by atoms with Crippen LogP contribution in [0.15, 0.2) is 34.9 Å². The molecule has 1 amide bonds. The number of rotatable bonds is 9. The van der Waals surface area contributed by atoms with Gasteiger partial charge >= 0.3 is 0 Å². The second-order valence-electron chi connectivity index (χ2n) is 8.16. The highest BCUT2D eigenvalue weighted by Crippen LogP contribution is 2.34. The quantitative estimate of drug-likeness (QED) is 0.627. The number of ether oxygens (including phenoxy) is 1. The molecule has 158 valence electrons. The topological polar surface area (TPSA) is 58.8 Å². The fraction of sp³-hybridized carbons (Fsp3) is 0.565. The standard InChI is InChI=1S/C23H33N3O3/c1-18(2)12-15-26(21(27)17-28-3)16-20-22(19-10-6-4-7-11-19)24-29-23(20)25-13-8-5-9-14-25/h4,6-7,10-11,18H,5,8-9,12-17H2,1-3H3. The molecule has 1 aliphatic rings. The summed E-state index contributed by atoms with van der Waals surface area (Å²) in [6.45, 7) is 7.54. The van der Waals surface area contributed by atoms with Gasteiger partial charge in [0.15, 0.2) is 0 Å². The van der Waals surface area contributed by atoms with Gasteiger partial charge in [-0.3, -0.25) is 4.79 Å². The molecule has 1 aromatic carbocycles. The molecular formula is C23H33N3O3. The number of hydrogen-bond acceptors (Lipinski definition) is 5. The number of anilines is 1. The first kappa shape index (κ1) is 21.4. The van der Waals surface area contributed by atoms with Crippen LogP contribution in [0.3, 0.4) is 0 Å². The van der Waals surface area contributed by atoms with Gasteiger partial charge in [-0.25, -0.2) is 0 Å². The van der Waals surface area contributed by atoms with Gasteiger partial charge in [0.25, 0.3) is 0 Å². The third-order valence-corrected chi connectivity index (χ3v) is 5.40. The van der Waals surface area contributed by atoms with Gasteiger partial charge in [0.05, 0.1) is 12.1 Å². The predicted molar refractivity (Wildman–Crippen MR) is 115 cm³/mol. The summed E-state index contributed by atoms with van der Waals surface area (Å²) in [7, 11) is 1.56. The van der Waals surface area contributed by atoms with E-state index in [4.69, 9.17) is 9.26 Å². The lowest BCUT2D eigenvalue weighted by Crippen LogP contribution is -2.36. The first-order chi connectivity index (χ1) is 14.1. The fourth-order valence-electron chi connectivity index (χ4n) is 3.72. The van der Waals surface area contributed by atoms with Crippen LogP contribution in [-0.4, -0.2) is 49.3 Å². The Balaban J connectivity index is 1.94. The maximum Gasteiger partial charge on any atom is 0.248 e. The van der Waals surface area contributed by atoms with Crippen molar-refractivity contribution in [1.29, 1.82) is 0 Å². The lowest BCUT2D eigenvalue weighted by Gasteiger charge is -2.28. The molecule has 0 spiro atoms. The van der Waals surface area contributed by atoms with E-state index in [1.165, 1.54) is 6.42 Å². The van der Waals surface area contributed by atoms with Crippen LogP contribution in [0.25, 0.3) is 11.3 Å². The number of carbonyl (C=O) groups is 1. The van der Waals surface area contributed by atoms with Gasteiger partial charge in [-0.1, -0.05) is 49.3 Å². The number of methoxy groups -OCH3 is 1. The molecule has 0 saturated carbocycles. The van der Waals surface area contributed by atoms with Crippen LogP contribution in [0, 0.1) is 5.92 Å². The molecule has 29 heavy (non-hydrogen) atoms. The lowest BCUT2D eigenvalue weighted by molar-refractivity contribution is -0.135. The van der Waals surface area contributed by atoms with E-state index in [-0.39, 0.29) is 12.5 Å². The maximum atomic E-state index is 12.8. The van der Waals surface area contributed by atoms with Gasteiger partial charge in [0.2, 0.25) is 11.8 Å². The Kier molecular flexibility index (Phi) is 7.69. The Morgan fingerprint density at radius 2 is 1.93 bits per heavy atom. The highest BCUT2D eigenvalue weighted by Gasteiger charge is 2.27. The number of nitrogens with zero attached hydrogens (tertiary/aromatic N) is 3. The van der Waals surface area contributed by atoms with Crippen molar-refractivity contribution in [3.63, 3.8) is 0 Å². The molecule has 0 bridgehead atoms. The first-order valence-electron chi connectivity index (χ1n) is 10.7. The van der Waals surface area contributed by atoms with E-state index in [1.807, 2.05) is 35.2 Å². The van der Waals surface area contributed by atoms with Crippen molar-refractivity contribution in [2.45, 2.75) is 46.1 Å². The monoisotopic (exact) mass is 399 g/mol. The maximum absolute atomic E-state index is 12.8. The van der Waals surface area contributed by atoms with Gasteiger partial charge in [-0.15, -0.1) is 0 Å². The summed E-state index contributed by atoms with van der Waals surface area (Å²) in [6, 6.07) is 10.1. The number of piperidine rings is 1. The summed E-state index contributed by atoms with van der Waals surface area (Å²) in [4.78, 5) is 16.9. The highest BCUT2D eigenvalue weighted by molar-refractivity contribution is 5.78. The van der Waals surface area contributed by atoms with E-state index in [0.29, 0.717) is 19.0 Å². The SMILES string of the molecule is COCC(=O)N(CCC(C)C)Cc1c(-c2ccccc2)noc1N1CCCCC1. The van der Waals surface area contributed by atoms with Crippen molar-refractivity contribution in [2.24, 2.45) is 5.92 Å². The Morgan fingerprint density at radius 3 is 2.59 bits per heavy atom. The van der Waals surface area contributed by atoms with E-state index in [0.717, 1.165) is 55.1 Å². The molecule has 1 aliphatic heterocycles. The molecule has 0 atom stereocenters. The van der Waals surface area contributed by atoms with Crippen LogP contribution in [0.2, 0.25) is 0 Å². The van der Waals surface area contributed by atoms with Crippen molar-refractivity contribution in [1.82, 2.24) is 10.1 Å². The molecule has 0 aliphatic carbocycles. The predicted octanol–water partition coefficient (Wildman–Crippen LogP) is 4.35. The van der Waals surface area contributed by atoms with Crippen molar-refractivity contribution in [2.75, 3.05) is 38.3 Å². The molecule has 1 fully saturated rings. The minimum Gasteiger partial charge on any atom is -0.375 e. The zero-order valence-electron chi connectivity index (χ0n) is 17.9. The van der Waals surface area contributed by atoms with Crippen LogP contribution in [0.5, 0.6) is 0 Å². The van der Waals surface area contributed by atoms with E-state index in [1.54, 1.807) is 7.11 Å². The van der Waals surface area contributed by atoms with Crippen molar-refractivity contribution in [3.8, 4) is 11.3 Å². The summed E-state index contributed by atoms with van der Waals surface area (Å²) in [5, 5.41) is 4.43. The molecule has 0 radical (unpaired) electrons.